The lowest BCUT2D eigenvalue weighted by atomic mass is 10.0. The molecule has 2 aromatic rings. The molecule has 0 saturated heterocycles. The molecular weight excluding hydrogens is 252 g/mol. The number of aromatic nitrogens is 1. The van der Waals surface area contributed by atoms with E-state index in [0.29, 0.717) is 17.4 Å². The highest BCUT2D eigenvalue weighted by molar-refractivity contribution is 5.91. The molecule has 0 saturated carbocycles. The molecule has 0 unspecified atom stereocenters. The smallest absolute Gasteiger partial charge is 0.262 e. The molecule has 1 heterocycles. The predicted molar refractivity (Wildman–Crippen MR) is 78.9 cm³/mol. The zero-order valence-electron chi connectivity index (χ0n) is 11.7. The molecule has 2 rings (SSSR count). The summed E-state index contributed by atoms with van der Waals surface area (Å²) in [7, 11) is 0. The molecule has 1 N–H and O–H groups in total. The second kappa shape index (κ2) is 6.70. The Morgan fingerprint density at radius 3 is 2.85 bits per heavy atom. The Bertz CT molecular complexity index is 568. The molecule has 0 atom stereocenters. The van der Waals surface area contributed by atoms with Gasteiger partial charge in [0.1, 0.15) is 5.75 Å². The van der Waals surface area contributed by atoms with E-state index in [1.54, 1.807) is 24.5 Å². The van der Waals surface area contributed by atoms with Crippen LogP contribution < -0.4 is 10.1 Å². The van der Waals surface area contributed by atoms with Crippen LogP contribution in [0.2, 0.25) is 0 Å². The Balaban J connectivity index is 1.89. The third-order valence-corrected chi connectivity index (χ3v) is 2.84. The number of carbonyl (C=O) groups is 1. The molecule has 0 bridgehead atoms. The summed E-state index contributed by atoms with van der Waals surface area (Å²) in [4.78, 5) is 15.7. The van der Waals surface area contributed by atoms with Crippen LogP contribution in [0, 0.1) is 0 Å². The first kappa shape index (κ1) is 14.1. The lowest BCUT2D eigenvalue weighted by Crippen LogP contribution is -2.20. The zero-order chi connectivity index (χ0) is 14.4. The topological polar surface area (TPSA) is 51.2 Å². The Hall–Kier alpha value is -2.36. The van der Waals surface area contributed by atoms with Crippen molar-refractivity contribution in [1.82, 2.24) is 4.98 Å². The summed E-state index contributed by atoms with van der Waals surface area (Å²) in [6.07, 6.45) is 3.25. The second-order valence-electron chi connectivity index (χ2n) is 4.81. The van der Waals surface area contributed by atoms with Crippen LogP contribution >= 0.6 is 0 Å². The maximum Gasteiger partial charge on any atom is 0.262 e. The molecule has 0 spiro atoms. The van der Waals surface area contributed by atoms with Gasteiger partial charge in [-0.1, -0.05) is 26.0 Å². The van der Waals surface area contributed by atoms with Gasteiger partial charge in [-0.15, -0.1) is 0 Å². The average molecular weight is 270 g/mol. The molecule has 1 aromatic carbocycles. The number of benzene rings is 1. The molecule has 104 valence electrons. The van der Waals surface area contributed by atoms with Crippen molar-refractivity contribution >= 4 is 11.6 Å². The number of pyridine rings is 1. The van der Waals surface area contributed by atoms with Crippen LogP contribution in [-0.2, 0) is 4.79 Å². The highest BCUT2D eigenvalue weighted by atomic mass is 16.5. The van der Waals surface area contributed by atoms with Crippen molar-refractivity contribution in [2.24, 2.45) is 0 Å². The summed E-state index contributed by atoms with van der Waals surface area (Å²) in [5.41, 5.74) is 1.85. The molecule has 4 heteroatoms. The molecule has 0 aliphatic heterocycles. The lowest BCUT2D eigenvalue weighted by molar-refractivity contribution is -0.118. The van der Waals surface area contributed by atoms with Gasteiger partial charge in [0.15, 0.2) is 6.61 Å². The third-order valence-electron chi connectivity index (χ3n) is 2.84. The number of nitrogens with one attached hydrogen (secondary N) is 1. The second-order valence-corrected chi connectivity index (χ2v) is 4.81. The van der Waals surface area contributed by atoms with E-state index in [2.05, 4.69) is 24.1 Å². The number of rotatable bonds is 5. The number of hydrogen-bond acceptors (Lipinski definition) is 3. The van der Waals surface area contributed by atoms with E-state index < -0.39 is 0 Å². The first-order valence-corrected chi connectivity index (χ1v) is 6.58. The molecule has 20 heavy (non-hydrogen) atoms. The number of ether oxygens (including phenoxy) is 1. The monoisotopic (exact) mass is 270 g/mol. The predicted octanol–water partition coefficient (Wildman–Crippen LogP) is 3.22. The molecular formula is C16H18N2O2. The van der Waals surface area contributed by atoms with E-state index in [-0.39, 0.29) is 12.5 Å². The van der Waals surface area contributed by atoms with Gasteiger partial charge >= 0.3 is 0 Å². The molecule has 1 amide bonds. The average Bonchev–Trinajstić information content (AvgIpc) is 2.46. The standard InChI is InChI=1S/C16H18N2O2/c1-12(2)13-5-3-7-15(9-13)20-11-16(19)18-14-6-4-8-17-10-14/h3-10,12H,11H2,1-2H3,(H,18,19). The van der Waals surface area contributed by atoms with E-state index in [1.807, 2.05) is 24.3 Å². The normalized spacial score (nSPS) is 10.3. The summed E-state index contributed by atoms with van der Waals surface area (Å²) in [5, 5.41) is 2.72. The van der Waals surface area contributed by atoms with Crippen molar-refractivity contribution in [3.05, 3.63) is 54.4 Å². The molecule has 0 aliphatic rings. The summed E-state index contributed by atoms with van der Waals surface area (Å²) < 4.78 is 5.50. The Morgan fingerprint density at radius 1 is 1.30 bits per heavy atom. The van der Waals surface area contributed by atoms with Crippen LogP contribution in [0.15, 0.2) is 48.8 Å². The van der Waals surface area contributed by atoms with Crippen LogP contribution in [0.4, 0.5) is 5.69 Å². The summed E-state index contributed by atoms with van der Waals surface area (Å²) >= 11 is 0. The highest BCUT2D eigenvalue weighted by Crippen LogP contribution is 2.20. The Kier molecular flexibility index (Phi) is 4.71. The van der Waals surface area contributed by atoms with Gasteiger partial charge in [-0.05, 0) is 35.7 Å². The minimum absolute atomic E-state index is 0.0174. The van der Waals surface area contributed by atoms with E-state index in [9.17, 15) is 4.79 Å². The van der Waals surface area contributed by atoms with Gasteiger partial charge in [-0.2, -0.15) is 0 Å². The molecule has 1 aromatic heterocycles. The Labute approximate surface area is 118 Å². The highest BCUT2D eigenvalue weighted by Gasteiger charge is 2.05. The van der Waals surface area contributed by atoms with Gasteiger partial charge in [0.2, 0.25) is 0 Å². The Morgan fingerprint density at radius 2 is 2.15 bits per heavy atom. The molecule has 0 fully saturated rings. The number of hydrogen-bond donors (Lipinski definition) is 1. The van der Waals surface area contributed by atoms with Gasteiger partial charge in [0.05, 0.1) is 11.9 Å². The van der Waals surface area contributed by atoms with Gasteiger partial charge < -0.3 is 10.1 Å². The van der Waals surface area contributed by atoms with Crippen molar-refractivity contribution in [3.63, 3.8) is 0 Å². The zero-order valence-corrected chi connectivity index (χ0v) is 11.7. The summed E-state index contributed by atoms with van der Waals surface area (Å²) in [5.74, 6) is 0.938. The van der Waals surface area contributed by atoms with Crippen LogP contribution in [0.5, 0.6) is 5.75 Å². The fourth-order valence-electron chi connectivity index (χ4n) is 1.75. The van der Waals surface area contributed by atoms with Crippen molar-refractivity contribution in [3.8, 4) is 5.75 Å². The number of carbonyl (C=O) groups excluding carboxylic acids is 1. The molecule has 4 nitrogen and oxygen atoms in total. The van der Waals surface area contributed by atoms with Crippen LogP contribution in [-0.4, -0.2) is 17.5 Å². The molecule has 0 radical (unpaired) electrons. The SMILES string of the molecule is CC(C)c1cccc(OCC(=O)Nc2cccnc2)c1. The maximum absolute atomic E-state index is 11.7. The van der Waals surface area contributed by atoms with Gasteiger partial charge in [0, 0.05) is 6.20 Å². The van der Waals surface area contributed by atoms with Crippen LogP contribution in [0.1, 0.15) is 25.3 Å². The van der Waals surface area contributed by atoms with Gasteiger partial charge in [-0.3, -0.25) is 9.78 Å². The van der Waals surface area contributed by atoms with Crippen LogP contribution in [0.3, 0.4) is 0 Å². The largest absolute Gasteiger partial charge is 0.484 e. The van der Waals surface area contributed by atoms with Crippen molar-refractivity contribution in [2.45, 2.75) is 19.8 Å². The maximum atomic E-state index is 11.7. The first-order chi connectivity index (χ1) is 9.65. The van der Waals surface area contributed by atoms with Gasteiger partial charge in [0.25, 0.3) is 5.91 Å². The van der Waals surface area contributed by atoms with E-state index >= 15 is 0 Å². The molecule has 0 aliphatic carbocycles. The van der Waals surface area contributed by atoms with E-state index in [1.165, 1.54) is 5.56 Å². The van der Waals surface area contributed by atoms with E-state index in [4.69, 9.17) is 4.74 Å². The minimum Gasteiger partial charge on any atom is -0.484 e. The van der Waals surface area contributed by atoms with Crippen molar-refractivity contribution < 1.29 is 9.53 Å². The van der Waals surface area contributed by atoms with Crippen LogP contribution in [0.25, 0.3) is 0 Å². The van der Waals surface area contributed by atoms with E-state index in [0.717, 1.165) is 0 Å². The number of nitrogens with zero attached hydrogens (tertiary/aromatic N) is 1. The number of anilines is 1. The quantitative estimate of drug-likeness (QED) is 0.907. The third kappa shape index (κ3) is 4.09. The summed E-state index contributed by atoms with van der Waals surface area (Å²) in [6.45, 7) is 4.22. The minimum atomic E-state index is -0.201. The van der Waals surface area contributed by atoms with Gasteiger partial charge in [-0.25, -0.2) is 0 Å². The van der Waals surface area contributed by atoms with Crippen molar-refractivity contribution in [2.75, 3.05) is 11.9 Å². The number of amides is 1. The van der Waals surface area contributed by atoms with Crippen molar-refractivity contribution in [1.29, 1.82) is 0 Å². The fourth-order valence-corrected chi connectivity index (χ4v) is 1.75. The first-order valence-electron chi connectivity index (χ1n) is 6.58. The fraction of sp³-hybridized carbons (Fsp3) is 0.250. The lowest BCUT2D eigenvalue weighted by Gasteiger charge is -2.10. The summed E-state index contributed by atoms with van der Waals surface area (Å²) in [6, 6.07) is 11.3.